The van der Waals surface area contributed by atoms with Crippen molar-refractivity contribution in [1.82, 2.24) is 9.88 Å². The van der Waals surface area contributed by atoms with Crippen LogP contribution in [0.2, 0.25) is 0 Å². The summed E-state index contributed by atoms with van der Waals surface area (Å²) in [5, 5.41) is 2.63. The topological polar surface area (TPSA) is 77.1 Å². The Morgan fingerprint density at radius 3 is 2.65 bits per heavy atom. The predicted octanol–water partition coefficient (Wildman–Crippen LogP) is 0.614. The Morgan fingerprint density at radius 1 is 1.47 bits per heavy atom. The van der Waals surface area contributed by atoms with Gasteiger partial charge < -0.3 is 15.6 Å². The second-order valence-electron chi connectivity index (χ2n) is 3.01. The lowest BCUT2D eigenvalue weighted by Crippen LogP contribution is -2.25. The number of amides is 1. The van der Waals surface area contributed by atoms with Crippen molar-refractivity contribution < 1.29 is 4.79 Å². The Kier molecular flexibility index (Phi) is 7.17. The molecule has 0 radical (unpaired) electrons. The first kappa shape index (κ1) is 15.0. The predicted molar refractivity (Wildman–Crippen MR) is 68.7 cm³/mol. The summed E-state index contributed by atoms with van der Waals surface area (Å²) < 4.78 is 1.35. The standard InChI is InChI=1S/C10H13N3O2.C2H6/c1-13-7-8(3-4-9(13)14)10(15)12-6-2-5-11;1-2/h2-5,7H,6,11H2,1H3,(H,12,15);1-2H3/b5-2+;. The van der Waals surface area contributed by atoms with Crippen LogP contribution in [0, 0.1) is 0 Å². The lowest BCUT2D eigenvalue weighted by molar-refractivity contribution is 0.0957. The van der Waals surface area contributed by atoms with Crippen LogP contribution in [0.15, 0.2) is 35.4 Å². The molecule has 1 rings (SSSR count). The first-order valence-electron chi connectivity index (χ1n) is 5.47. The number of carbonyl (C=O) groups is 1. The molecule has 1 aromatic rings. The minimum Gasteiger partial charge on any atom is -0.405 e. The van der Waals surface area contributed by atoms with Gasteiger partial charge in [-0.1, -0.05) is 13.8 Å². The molecule has 0 saturated heterocycles. The van der Waals surface area contributed by atoms with Crippen molar-refractivity contribution >= 4 is 5.91 Å². The fourth-order valence-corrected chi connectivity index (χ4v) is 1.05. The summed E-state index contributed by atoms with van der Waals surface area (Å²) in [5.41, 5.74) is 5.42. The molecule has 3 N–H and O–H groups in total. The second-order valence-corrected chi connectivity index (χ2v) is 3.01. The van der Waals surface area contributed by atoms with E-state index in [0.717, 1.165) is 0 Å². The average Bonchev–Trinajstić information content (AvgIpc) is 2.35. The zero-order valence-electron chi connectivity index (χ0n) is 10.4. The van der Waals surface area contributed by atoms with Crippen molar-refractivity contribution in [3.8, 4) is 0 Å². The fourth-order valence-electron chi connectivity index (χ4n) is 1.05. The first-order chi connectivity index (χ1) is 8.15. The highest BCUT2D eigenvalue weighted by Gasteiger charge is 2.04. The van der Waals surface area contributed by atoms with Gasteiger partial charge in [0.15, 0.2) is 0 Å². The molecule has 0 bridgehead atoms. The SMILES string of the molecule is CC.Cn1cc(C(=O)NC/C=C/N)ccc1=O. The number of aryl methyl sites for hydroxylation is 1. The number of pyridine rings is 1. The van der Waals surface area contributed by atoms with E-state index in [4.69, 9.17) is 5.73 Å². The van der Waals surface area contributed by atoms with E-state index in [0.29, 0.717) is 12.1 Å². The Bertz CT molecular complexity index is 436. The van der Waals surface area contributed by atoms with Crippen LogP contribution in [0.3, 0.4) is 0 Å². The molecule has 5 nitrogen and oxygen atoms in total. The van der Waals surface area contributed by atoms with Crippen molar-refractivity contribution in [2.24, 2.45) is 12.8 Å². The Hall–Kier alpha value is -2.04. The molecular weight excluding hydrogens is 218 g/mol. The molecule has 1 heterocycles. The molecule has 0 spiro atoms. The molecule has 1 amide bonds. The quantitative estimate of drug-likeness (QED) is 0.808. The maximum Gasteiger partial charge on any atom is 0.253 e. The molecule has 94 valence electrons. The summed E-state index contributed by atoms with van der Waals surface area (Å²) in [6.07, 6.45) is 4.48. The third-order valence-electron chi connectivity index (χ3n) is 1.86. The van der Waals surface area contributed by atoms with Gasteiger partial charge in [-0.3, -0.25) is 9.59 Å². The summed E-state index contributed by atoms with van der Waals surface area (Å²) in [4.78, 5) is 22.5. The van der Waals surface area contributed by atoms with Gasteiger partial charge in [0.2, 0.25) is 5.56 Å². The van der Waals surface area contributed by atoms with Crippen LogP contribution in [0.1, 0.15) is 24.2 Å². The largest absolute Gasteiger partial charge is 0.405 e. The third-order valence-corrected chi connectivity index (χ3v) is 1.86. The van der Waals surface area contributed by atoms with Crippen LogP contribution in [0.25, 0.3) is 0 Å². The Balaban J connectivity index is 0.00000121. The molecule has 0 aromatic carbocycles. The molecule has 0 fully saturated rings. The van der Waals surface area contributed by atoms with Gasteiger partial charge >= 0.3 is 0 Å². The molecule has 0 atom stereocenters. The summed E-state index contributed by atoms with van der Waals surface area (Å²) >= 11 is 0. The van der Waals surface area contributed by atoms with Crippen molar-refractivity contribution in [2.75, 3.05) is 6.54 Å². The second kappa shape index (κ2) is 8.15. The number of nitrogens with two attached hydrogens (primary N) is 1. The van der Waals surface area contributed by atoms with Crippen molar-refractivity contribution in [1.29, 1.82) is 0 Å². The zero-order chi connectivity index (χ0) is 13.3. The van der Waals surface area contributed by atoms with E-state index in [9.17, 15) is 9.59 Å². The number of hydrogen-bond donors (Lipinski definition) is 2. The van der Waals surface area contributed by atoms with Gasteiger partial charge in [0.05, 0.1) is 5.56 Å². The number of carbonyl (C=O) groups excluding carboxylic acids is 1. The normalized spacial score (nSPS) is 9.59. The highest BCUT2D eigenvalue weighted by atomic mass is 16.1. The highest BCUT2D eigenvalue weighted by molar-refractivity contribution is 5.93. The summed E-state index contributed by atoms with van der Waals surface area (Å²) in [7, 11) is 1.60. The first-order valence-corrected chi connectivity index (χ1v) is 5.47. The Labute approximate surface area is 101 Å². The van der Waals surface area contributed by atoms with Crippen LogP contribution in [-0.4, -0.2) is 17.0 Å². The van der Waals surface area contributed by atoms with Crippen molar-refractivity contribution in [3.63, 3.8) is 0 Å². The lowest BCUT2D eigenvalue weighted by Gasteiger charge is -2.03. The van der Waals surface area contributed by atoms with E-state index in [1.165, 1.54) is 29.1 Å². The van der Waals surface area contributed by atoms with Crippen LogP contribution in [0.5, 0.6) is 0 Å². The minimum absolute atomic E-state index is 0.145. The van der Waals surface area contributed by atoms with Gasteiger partial charge in [-0.05, 0) is 18.3 Å². The smallest absolute Gasteiger partial charge is 0.253 e. The van der Waals surface area contributed by atoms with E-state index in [1.807, 2.05) is 13.8 Å². The summed E-state index contributed by atoms with van der Waals surface area (Å²) in [5.74, 6) is -0.233. The average molecular weight is 237 g/mol. The van der Waals surface area contributed by atoms with E-state index in [1.54, 1.807) is 13.1 Å². The van der Waals surface area contributed by atoms with Crippen LogP contribution < -0.4 is 16.6 Å². The molecule has 1 aromatic heterocycles. The molecular formula is C12H19N3O2. The van der Waals surface area contributed by atoms with Crippen LogP contribution in [0.4, 0.5) is 0 Å². The number of rotatable bonds is 3. The lowest BCUT2D eigenvalue weighted by atomic mass is 10.2. The monoisotopic (exact) mass is 237 g/mol. The van der Waals surface area contributed by atoms with Crippen molar-refractivity contribution in [2.45, 2.75) is 13.8 Å². The fraction of sp³-hybridized carbons (Fsp3) is 0.333. The molecule has 0 aliphatic heterocycles. The van der Waals surface area contributed by atoms with Gasteiger partial charge in [-0.2, -0.15) is 0 Å². The molecule has 0 saturated carbocycles. The van der Waals surface area contributed by atoms with Crippen LogP contribution >= 0.6 is 0 Å². The number of hydrogen-bond acceptors (Lipinski definition) is 3. The molecule has 0 aliphatic rings. The Morgan fingerprint density at radius 2 is 2.12 bits per heavy atom. The van der Waals surface area contributed by atoms with E-state index >= 15 is 0 Å². The molecule has 17 heavy (non-hydrogen) atoms. The molecule has 0 aliphatic carbocycles. The minimum atomic E-state index is -0.233. The molecule has 5 heteroatoms. The summed E-state index contributed by atoms with van der Waals surface area (Å²) in [6.45, 7) is 4.37. The van der Waals surface area contributed by atoms with Crippen molar-refractivity contribution in [3.05, 3.63) is 46.5 Å². The number of nitrogens with one attached hydrogen (secondary N) is 1. The summed E-state index contributed by atoms with van der Waals surface area (Å²) in [6, 6.07) is 2.84. The van der Waals surface area contributed by atoms with E-state index in [-0.39, 0.29) is 11.5 Å². The van der Waals surface area contributed by atoms with Gasteiger partial charge in [-0.25, -0.2) is 0 Å². The van der Waals surface area contributed by atoms with Gasteiger partial charge in [0, 0.05) is 25.9 Å². The zero-order valence-corrected chi connectivity index (χ0v) is 10.4. The number of nitrogens with zero attached hydrogens (tertiary/aromatic N) is 1. The highest BCUT2D eigenvalue weighted by Crippen LogP contribution is 1.94. The third kappa shape index (κ3) is 5.01. The maximum atomic E-state index is 11.5. The molecule has 0 unspecified atom stereocenters. The maximum absolute atomic E-state index is 11.5. The number of aromatic nitrogens is 1. The van der Waals surface area contributed by atoms with Gasteiger partial charge in [0.1, 0.15) is 0 Å². The van der Waals surface area contributed by atoms with Gasteiger partial charge in [0.25, 0.3) is 5.91 Å². The van der Waals surface area contributed by atoms with E-state index in [2.05, 4.69) is 5.32 Å². The van der Waals surface area contributed by atoms with Crippen LogP contribution in [-0.2, 0) is 7.05 Å². The van der Waals surface area contributed by atoms with E-state index < -0.39 is 0 Å². The van der Waals surface area contributed by atoms with Gasteiger partial charge in [-0.15, -0.1) is 0 Å².